The van der Waals surface area contributed by atoms with Crippen LogP contribution in [0.2, 0.25) is 5.02 Å². The molecule has 0 unspecified atom stereocenters. The number of hydrogen-bond acceptors (Lipinski definition) is 4. The van der Waals surface area contributed by atoms with E-state index in [1.807, 2.05) is 6.92 Å². The Morgan fingerprint density at radius 2 is 1.72 bits per heavy atom. The third-order valence-electron chi connectivity index (χ3n) is 3.39. The van der Waals surface area contributed by atoms with Crippen LogP contribution in [-0.2, 0) is 9.53 Å². The number of benzene rings is 2. The van der Waals surface area contributed by atoms with Gasteiger partial charge in [-0.25, -0.2) is 4.79 Å². The zero-order chi connectivity index (χ0) is 18.2. The lowest BCUT2D eigenvalue weighted by Gasteiger charge is -2.11. The summed E-state index contributed by atoms with van der Waals surface area (Å²) in [4.78, 5) is 24.2. The Labute approximate surface area is 152 Å². The summed E-state index contributed by atoms with van der Waals surface area (Å²) < 4.78 is 10.5. The highest BCUT2D eigenvalue weighted by atomic mass is 35.5. The van der Waals surface area contributed by atoms with Gasteiger partial charge in [0.05, 0.1) is 6.61 Å². The molecule has 1 atom stereocenters. The number of esters is 1. The lowest BCUT2D eigenvalue weighted by Crippen LogP contribution is -2.23. The Morgan fingerprint density at radius 3 is 2.32 bits per heavy atom. The molecule has 0 N–H and O–H groups in total. The van der Waals surface area contributed by atoms with E-state index in [-0.39, 0.29) is 5.78 Å². The van der Waals surface area contributed by atoms with Gasteiger partial charge in [-0.3, -0.25) is 4.79 Å². The highest BCUT2D eigenvalue weighted by molar-refractivity contribution is 6.30. The van der Waals surface area contributed by atoms with Crippen LogP contribution in [0.4, 0.5) is 0 Å². The first kappa shape index (κ1) is 18.7. The van der Waals surface area contributed by atoms with Crippen LogP contribution >= 0.6 is 11.6 Å². The minimum atomic E-state index is -0.875. The summed E-state index contributed by atoms with van der Waals surface area (Å²) in [5.74, 6) is -0.160. The van der Waals surface area contributed by atoms with Crippen LogP contribution in [0.1, 0.15) is 29.8 Å². The van der Waals surface area contributed by atoms with E-state index < -0.39 is 12.1 Å². The molecule has 0 saturated carbocycles. The Balaban J connectivity index is 1.93. The summed E-state index contributed by atoms with van der Waals surface area (Å²) in [6.45, 7) is 3.99. The maximum atomic E-state index is 12.3. The molecule has 0 heterocycles. The van der Waals surface area contributed by atoms with Crippen molar-refractivity contribution in [3.05, 3.63) is 70.8 Å². The van der Waals surface area contributed by atoms with Crippen molar-refractivity contribution in [3.8, 4) is 5.75 Å². The van der Waals surface area contributed by atoms with Crippen LogP contribution in [0.5, 0.6) is 5.75 Å². The summed E-state index contributed by atoms with van der Waals surface area (Å²) in [6.07, 6.45) is 2.01. The van der Waals surface area contributed by atoms with Crippen molar-refractivity contribution in [2.45, 2.75) is 20.0 Å². The summed E-state index contributed by atoms with van der Waals surface area (Å²) >= 11 is 5.80. The van der Waals surface area contributed by atoms with E-state index in [1.165, 1.54) is 6.08 Å². The van der Waals surface area contributed by atoms with Crippen LogP contribution in [0, 0.1) is 0 Å². The molecule has 2 aromatic carbocycles. The molecule has 0 radical (unpaired) electrons. The Hall–Kier alpha value is -2.59. The van der Waals surface area contributed by atoms with Crippen molar-refractivity contribution in [2.75, 3.05) is 6.61 Å². The van der Waals surface area contributed by atoms with Crippen molar-refractivity contribution in [1.82, 2.24) is 0 Å². The molecule has 0 aliphatic heterocycles. The number of rotatable bonds is 7. The maximum absolute atomic E-state index is 12.3. The second kappa shape index (κ2) is 9.04. The van der Waals surface area contributed by atoms with Crippen molar-refractivity contribution in [2.24, 2.45) is 0 Å². The molecule has 0 bridgehead atoms. The summed E-state index contributed by atoms with van der Waals surface area (Å²) in [5, 5.41) is 0.620. The van der Waals surface area contributed by atoms with Gasteiger partial charge in [-0.15, -0.1) is 0 Å². The third-order valence-corrected chi connectivity index (χ3v) is 3.65. The molecule has 0 aromatic heterocycles. The van der Waals surface area contributed by atoms with Gasteiger partial charge in [-0.1, -0.05) is 23.7 Å². The number of ketones is 1. The number of Topliss-reactive ketones (excluding diaryl/α,β-unsaturated/α-hetero) is 1. The van der Waals surface area contributed by atoms with E-state index in [1.54, 1.807) is 61.5 Å². The van der Waals surface area contributed by atoms with Gasteiger partial charge in [0.2, 0.25) is 5.78 Å². The van der Waals surface area contributed by atoms with Crippen LogP contribution in [0.25, 0.3) is 6.08 Å². The molecule has 2 rings (SSSR count). The predicted octanol–water partition coefficient (Wildman–Crippen LogP) is 4.57. The van der Waals surface area contributed by atoms with Gasteiger partial charge >= 0.3 is 5.97 Å². The molecule has 0 aliphatic rings. The number of ether oxygens (including phenoxy) is 2. The number of halogens is 1. The molecule has 2 aromatic rings. The van der Waals surface area contributed by atoms with Gasteiger partial charge in [0.1, 0.15) is 5.75 Å². The summed E-state index contributed by atoms with van der Waals surface area (Å²) in [7, 11) is 0. The van der Waals surface area contributed by atoms with Crippen LogP contribution in [0.3, 0.4) is 0 Å². The number of carbonyl (C=O) groups excluding carboxylic acids is 2. The fraction of sp³-hybridized carbons (Fsp3) is 0.200. The van der Waals surface area contributed by atoms with E-state index in [0.717, 1.165) is 5.56 Å². The smallest absolute Gasteiger partial charge is 0.331 e. The van der Waals surface area contributed by atoms with E-state index >= 15 is 0 Å². The van der Waals surface area contributed by atoms with Gasteiger partial charge in [-0.05, 0) is 61.9 Å². The van der Waals surface area contributed by atoms with Gasteiger partial charge in [0.15, 0.2) is 6.10 Å². The van der Waals surface area contributed by atoms with Gasteiger partial charge in [0.25, 0.3) is 0 Å². The highest BCUT2D eigenvalue weighted by Gasteiger charge is 2.18. The molecule has 0 spiro atoms. The van der Waals surface area contributed by atoms with Crippen molar-refractivity contribution in [3.63, 3.8) is 0 Å². The average Bonchev–Trinajstić information content (AvgIpc) is 2.61. The Morgan fingerprint density at radius 1 is 1.08 bits per heavy atom. The molecule has 0 amide bonds. The lowest BCUT2D eigenvalue weighted by molar-refractivity contribution is -0.140. The first-order valence-electron chi connectivity index (χ1n) is 7.91. The second-order valence-electron chi connectivity index (χ2n) is 5.29. The average molecular weight is 359 g/mol. The van der Waals surface area contributed by atoms with E-state index in [2.05, 4.69) is 0 Å². The minimum absolute atomic E-state index is 0.267. The first-order chi connectivity index (χ1) is 12.0. The molecule has 0 saturated heterocycles. The Kier molecular flexibility index (Phi) is 6.78. The lowest BCUT2D eigenvalue weighted by atomic mass is 10.1. The van der Waals surface area contributed by atoms with Crippen LogP contribution in [0.15, 0.2) is 54.6 Å². The monoisotopic (exact) mass is 358 g/mol. The third kappa shape index (κ3) is 5.76. The molecule has 0 fully saturated rings. The molecule has 4 nitrogen and oxygen atoms in total. The zero-order valence-corrected chi connectivity index (χ0v) is 14.8. The van der Waals surface area contributed by atoms with Crippen LogP contribution in [-0.4, -0.2) is 24.5 Å². The highest BCUT2D eigenvalue weighted by Crippen LogP contribution is 2.15. The predicted molar refractivity (Wildman–Crippen MR) is 98.0 cm³/mol. The quantitative estimate of drug-likeness (QED) is 0.413. The minimum Gasteiger partial charge on any atom is -0.494 e. The Bertz CT molecular complexity index is 748. The largest absolute Gasteiger partial charge is 0.494 e. The van der Waals surface area contributed by atoms with Crippen molar-refractivity contribution >= 4 is 29.4 Å². The normalized spacial score (nSPS) is 12.0. The molecule has 25 heavy (non-hydrogen) atoms. The van der Waals surface area contributed by atoms with E-state index in [9.17, 15) is 9.59 Å². The van der Waals surface area contributed by atoms with E-state index in [4.69, 9.17) is 21.1 Å². The van der Waals surface area contributed by atoms with Crippen molar-refractivity contribution in [1.29, 1.82) is 0 Å². The number of hydrogen-bond donors (Lipinski definition) is 0. The molecular weight excluding hydrogens is 340 g/mol. The van der Waals surface area contributed by atoms with Gasteiger partial charge in [-0.2, -0.15) is 0 Å². The number of carbonyl (C=O) groups is 2. The maximum Gasteiger partial charge on any atom is 0.331 e. The van der Waals surface area contributed by atoms with Gasteiger partial charge in [0, 0.05) is 16.7 Å². The summed E-state index contributed by atoms with van der Waals surface area (Å²) in [6, 6.07) is 13.7. The fourth-order valence-electron chi connectivity index (χ4n) is 2.12. The zero-order valence-electron chi connectivity index (χ0n) is 14.1. The van der Waals surface area contributed by atoms with Crippen LogP contribution < -0.4 is 4.74 Å². The second-order valence-corrected chi connectivity index (χ2v) is 5.72. The standard InChI is InChI=1S/C20H19ClO4/c1-3-24-18-11-7-16(8-12-18)20(23)14(2)25-19(22)13-6-15-4-9-17(21)10-5-15/h4-14H,3H2,1-2H3/b13-6+/t14-/m1/s1. The molecule has 5 heteroatoms. The van der Waals surface area contributed by atoms with Gasteiger partial charge < -0.3 is 9.47 Å². The molecule has 130 valence electrons. The van der Waals surface area contributed by atoms with Crippen molar-refractivity contribution < 1.29 is 19.1 Å². The molecule has 0 aliphatic carbocycles. The first-order valence-corrected chi connectivity index (χ1v) is 8.28. The fourth-order valence-corrected chi connectivity index (χ4v) is 2.25. The van der Waals surface area contributed by atoms with E-state index in [0.29, 0.717) is 22.9 Å². The topological polar surface area (TPSA) is 52.6 Å². The molecular formula is C20H19ClO4. The SMILES string of the molecule is CCOc1ccc(C(=O)[C@@H](C)OC(=O)/C=C/c2ccc(Cl)cc2)cc1. The summed E-state index contributed by atoms with van der Waals surface area (Å²) in [5.41, 5.74) is 1.28.